The van der Waals surface area contributed by atoms with E-state index in [1.165, 1.54) is 0 Å². The van der Waals surface area contributed by atoms with Crippen LogP contribution in [0.1, 0.15) is 45.6 Å². The molecule has 4 nitrogen and oxygen atoms in total. The fourth-order valence-corrected chi connectivity index (χ4v) is 2.37. The number of hydrogen-bond donors (Lipinski definition) is 2. The summed E-state index contributed by atoms with van der Waals surface area (Å²) in [7, 11) is 0. The maximum absolute atomic E-state index is 11.9. The van der Waals surface area contributed by atoms with Gasteiger partial charge < -0.3 is 10.4 Å². The van der Waals surface area contributed by atoms with E-state index in [4.69, 9.17) is 0 Å². The summed E-state index contributed by atoms with van der Waals surface area (Å²) in [6.45, 7) is 5.87. The average molecular weight is 291 g/mol. The molecule has 4 heteroatoms. The van der Waals surface area contributed by atoms with Crippen LogP contribution in [0, 0.1) is 5.92 Å². The first-order valence-corrected chi connectivity index (χ1v) is 7.45. The van der Waals surface area contributed by atoms with E-state index in [-0.39, 0.29) is 12.5 Å². The van der Waals surface area contributed by atoms with Crippen LogP contribution >= 0.6 is 0 Å². The number of rotatable bonds is 8. The summed E-state index contributed by atoms with van der Waals surface area (Å²) in [5.41, 5.74) is -0.412. The maximum Gasteiger partial charge on any atom is 0.315 e. The lowest BCUT2D eigenvalue weighted by atomic mass is 9.82. The highest BCUT2D eigenvalue weighted by molar-refractivity contribution is 5.83. The standard InChI is InChI=1S/C17H25NO3/c1-4-8-13(2)11-15(19)18-12-17(3,16(20)21)14-9-6-5-7-10-14/h5-7,9-10,13H,4,8,11-12H2,1-3H3,(H,18,19)(H,20,21). The molecule has 0 aliphatic carbocycles. The van der Waals surface area contributed by atoms with E-state index >= 15 is 0 Å². The van der Waals surface area contributed by atoms with Crippen molar-refractivity contribution in [2.24, 2.45) is 5.92 Å². The first kappa shape index (κ1) is 17.2. The quantitative estimate of drug-likeness (QED) is 0.774. The Hall–Kier alpha value is -1.84. The van der Waals surface area contributed by atoms with Crippen LogP contribution in [-0.4, -0.2) is 23.5 Å². The van der Waals surface area contributed by atoms with Gasteiger partial charge in [0.25, 0.3) is 0 Å². The Bertz CT molecular complexity index is 472. The molecule has 2 atom stereocenters. The molecule has 2 N–H and O–H groups in total. The summed E-state index contributed by atoms with van der Waals surface area (Å²) in [6, 6.07) is 9.01. The average Bonchev–Trinajstić information content (AvgIpc) is 2.45. The normalized spacial score (nSPS) is 15.0. The smallest absolute Gasteiger partial charge is 0.315 e. The van der Waals surface area contributed by atoms with Crippen LogP contribution in [-0.2, 0) is 15.0 Å². The molecule has 0 fully saturated rings. The second-order valence-electron chi connectivity index (χ2n) is 5.88. The highest BCUT2D eigenvalue weighted by Crippen LogP contribution is 2.23. The lowest BCUT2D eigenvalue weighted by Gasteiger charge is -2.26. The third kappa shape index (κ3) is 4.88. The second-order valence-corrected chi connectivity index (χ2v) is 5.88. The summed E-state index contributed by atoms with van der Waals surface area (Å²) in [5, 5.41) is 12.3. The summed E-state index contributed by atoms with van der Waals surface area (Å²) >= 11 is 0. The minimum atomic E-state index is -1.11. The van der Waals surface area contributed by atoms with E-state index in [2.05, 4.69) is 12.2 Å². The zero-order valence-electron chi connectivity index (χ0n) is 13.1. The number of carboxylic acids is 1. The van der Waals surface area contributed by atoms with E-state index in [9.17, 15) is 14.7 Å². The van der Waals surface area contributed by atoms with Crippen molar-refractivity contribution in [1.82, 2.24) is 5.32 Å². The van der Waals surface area contributed by atoms with Crippen molar-refractivity contribution in [2.75, 3.05) is 6.54 Å². The van der Waals surface area contributed by atoms with Gasteiger partial charge in [0.2, 0.25) is 5.91 Å². The van der Waals surface area contributed by atoms with Gasteiger partial charge in [0.05, 0.1) is 0 Å². The molecule has 0 radical (unpaired) electrons. The predicted molar refractivity (Wildman–Crippen MR) is 83.1 cm³/mol. The highest BCUT2D eigenvalue weighted by Gasteiger charge is 2.35. The molecule has 0 aliphatic rings. The largest absolute Gasteiger partial charge is 0.481 e. The fourth-order valence-electron chi connectivity index (χ4n) is 2.37. The Morgan fingerprint density at radius 3 is 2.43 bits per heavy atom. The molecule has 0 aliphatic heterocycles. The van der Waals surface area contributed by atoms with Crippen LogP contribution in [0.5, 0.6) is 0 Å². The first-order chi connectivity index (χ1) is 9.90. The van der Waals surface area contributed by atoms with Gasteiger partial charge in [-0.1, -0.05) is 57.0 Å². The van der Waals surface area contributed by atoms with Gasteiger partial charge in [0, 0.05) is 13.0 Å². The van der Waals surface area contributed by atoms with E-state index < -0.39 is 11.4 Å². The minimum absolute atomic E-state index is 0.0839. The molecular formula is C17H25NO3. The van der Waals surface area contributed by atoms with Gasteiger partial charge in [0.1, 0.15) is 5.41 Å². The molecule has 1 rings (SSSR count). The van der Waals surface area contributed by atoms with Crippen LogP contribution in [0.15, 0.2) is 30.3 Å². The zero-order chi connectivity index (χ0) is 15.9. The van der Waals surface area contributed by atoms with Crippen molar-refractivity contribution in [2.45, 2.75) is 45.4 Å². The van der Waals surface area contributed by atoms with Crippen LogP contribution in [0.4, 0.5) is 0 Å². The molecule has 116 valence electrons. The number of benzene rings is 1. The molecule has 0 saturated carbocycles. The number of amides is 1. The summed E-state index contributed by atoms with van der Waals surface area (Å²) < 4.78 is 0. The van der Waals surface area contributed by atoms with Gasteiger partial charge >= 0.3 is 5.97 Å². The SMILES string of the molecule is CCCC(C)CC(=O)NCC(C)(C(=O)O)c1ccccc1. The topological polar surface area (TPSA) is 66.4 Å². The molecule has 0 spiro atoms. The van der Waals surface area contributed by atoms with Crippen LogP contribution in [0.3, 0.4) is 0 Å². The molecule has 0 heterocycles. The van der Waals surface area contributed by atoms with Gasteiger partial charge in [-0.15, -0.1) is 0 Å². The van der Waals surface area contributed by atoms with Crippen LogP contribution in [0.2, 0.25) is 0 Å². The lowest BCUT2D eigenvalue weighted by molar-refractivity contribution is -0.143. The van der Waals surface area contributed by atoms with E-state index in [0.717, 1.165) is 12.8 Å². The molecular weight excluding hydrogens is 266 g/mol. The van der Waals surface area contributed by atoms with Crippen LogP contribution < -0.4 is 5.32 Å². The van der Waals surface area contributed by atoms with Gasteiger partial charge in [-0.05, 0) is 18.4 Å². The molecule has 2 unspecified atom stereocenters. The van der Waals surface area contributed by atoms with Crippen molar-refractivity contribution >= 4 is 11.9 Å². The second kappa shape index (κ2) is 7.81. The Kier molecular flexibility index (Phi) is 6.40. The number of nitrogens with one attached hydrogen (secondary N) is 1. The number of hydrogen-bond acceptors (Lipinski definition) is 2. The predicted octanol–water partition coefficient (Wildman–Crippen LogP) is 2.97. The molecule has 0 saturated heterocycles. The molecule has 1 aromatic rings. The number of carboxylic acid groups (broad SMARTS) is 1. The van der Waals surface area contributed by atoms with Gasteiger partial charge in [-0.2, -0.15) is 0 Å². The van der Waals surface area contributed by atoms with Gasteiger partial charge in [0.15, 0.2) is 0 Å². The third-order valence-electron chi connectivity index (χ3n) is 3.84. The van der Waals surface area contributed by atoms with E-state index in [0.29, 0.717) is 17.9 Å². The Morgan fingerprint density at radius 2 is 1.90 bits per heavy atom. The van der Waals surface area contributed by atoms with Crippen molar-refractivity contribution in [1.29, 1.82) is 0 Å². The fraction of sp³-hybridized carbons (Fsp3) is 0.529. The third-order valence-corrected chi connectivity index (χ3v) is 3.84. The maximum atomic E-state index is 11.9. The molecule has 21 heavy (non-hydrogen) atoms. The van der Waals surface area contributed by atoms with E-state index in [1.807, 2.05) is 25.1 Å². The van der Waals surface area contributed by atoms with Gasteiger partial charge in [-0.3, -0.25) is 9.59 Å². The molecule has 1 aromatic carbocycles. The number of carbonyl (C=O) groups is 2. The Morgan fingerprint density at radius 1 is 1.29 bits per heavy atom. The van der Waals surface area contributed by atoms with Crippen molar-refractivity contribution < 1.29 is 14.7 Å². The summed E-state index contributed by atoms with van der Waals surface area (Å²) in [4.78, 5) is 23.5. The zero-order valence-corrected chi connectivity index (χ0v) is 13.1. The van der Waals surface area contributed by atoms with E-state index in [1.54, 1.807) is 19.1 Å². The molecule has 0 aromatic heterocycles. The molecule has 0 bridgehead atoms. The van der Waals surface area contributed by atoms with Crippen molar-refractivity contribution in [3.63, 3.8) is 0 Å². The number of carbonyl (C=O) groups excluding carboxylic acids is 1. The van der Waals surface area contributed by atoms with Crippen LogP contribution in [0.25, 0.3) is 0 Å². The monoisotopic (exact) mass is 291 g/mol. The van der Waals surface area contributed by atoms with Crippen molar-refractivity contribution in [3.05, 3.63) is 35.9 Å². The number of aliphatic carboxylic acids is 1. The Labute approximate surface area is 126 Å². The minimum Gasteiger partial charge on any atom is -0.481 e. The van der Waals surface area contributed by atoms with Crippen molar-refractivity contribution in [3.8, 4) is 0 Å². The molecule has 1 amide bonds. The van der Waals surface area contributed by atoms with Gasteiger partial charge in [-0.25, -0.2) is 0 Å². The lowest BCUT2D eigenvalue weighted by Crippen LogP contribution is -2.44. The summed E-state index contributed by atoms with van der Waals surface area (Å²) in [6.07, 6.45) is 2.49. The Balaban J connectivity index is 2.68. The highest BCUT2D eigenvalue weighted by atomic mass is 16.4. The summed E-state index contributed by atoms with van der Waals surface area (Å²) in [5.74, 6) is -0.697. The first-order valence-electron chi connectivity index (χ1n) is 7.45.